The van der Waals surface area contributed by atoms with Crippen LogP contribution in [0.5, 0.6) is 0 Å². The molecule has 19 heavy (non-hydrogen) atoms. The van der Waals surface area contributed by atoms with Crippen molar-refractivity contribution in [3.8, 4) is 0 Å². The van der Waals surface area contributed by atoms with Crippen molar-refractivity contribution in [3.05, 3.63) is 23.9 Å². The van der Waals surface area contributed by atoms with Gasteiger partial charge in [-0.2, -0.15) is 26.3 Å². The highest BCUT2D eigenvalue weighted by Crippen LogP contribution is 2.29. The van der Waals surface area contributed by atoms with Gasteiger partial charge in [0.1, 0.15) is 12.4 Å². The Morgan fingerprint density at radius 1 is 1.11 bits per heavy atom. The molecule has 1 rings (SSSR count). The molecule has 0 N–H and O–H groups in total. The summed E-state index contributed by atoms with van der Waals surface area (Å²) in [7, 11) is 0. The largest absolute Gasteiger partial charge is 0.417 e. The standard InChI is InChI=1S/C10H9ClF6N2/c11-3-4-19(6-9(12,13)14)8-2-1-7(5-18-8)10(15,16)17/h1-2,5H,3-4,6H2. The van der Waals surface area contributed by atoms with Crippen molar-refractivity contribution in [1.82, 2.24) is 4.98 Å². The lowest BCUT2D eigenvalue weighted by Gasteiger charge is -2.24. The van der Waals surface area contributed by atoms with Crippen LogP contribution in [0, 0.1) is 0 Å². The topological polar surface area (TPSA) is 16.1 Å². The van der Waals surface area contributed by atoms with Crippen LogP contribution in [-0.4, -0.2) is 30.1 Å². The van der Waals surface area contributed by atoms with Crippen LogP contribution < -0.4 is 4.90 Å². The van der Waals surface area contributed by atoms with E-state index in [1.807, 2.05) is 0 Å². The van der Waals surface area contributed by atoms with E-state index in [9.17, 15) is 26.3 Å². The summed E-state index contributed by atoms with van der Waals surface area (Å²) in [6.07, 6.45) is -8.57. The summed E-state index contributed by atoms with van der Waals surface area (Å²) >= 11 is 5.36. The van der Waals surface area contributed by atoms with Crippen molar-refractivity contribution in [2.24, 2.45) is 0 Å². The van der Waals surface area contributed by atoms with Gasteiger partial charge in [0, 0.05) is 18.6 Å². The number of hydrogen-bond donors (Lipinski definition) is 0. The Morgan fingerprint density at radius 2 is 1.74 bits per heavy atom. The van der Waals surface area contributed by atoms with Gasteiger partial charge >= 0.3 is 12.4 Å². The van der Waals surface area contributed by atoms with Gasteiger partial charge in [-0.15, -0.1) is 11.6 Å². The maximum Gasteiger partial charge on any atom is 0.417 e. The minimum absolute atomic E-state index is 0.0984. The predicted octanol–water partition coefficient (Wildman–Crippen LogP) is 3.71. The minimum Gasteiger partial charge on any atom is -0.346 e. The first kappa shape index (κ1) is 15.9. The van der Waals surface area contributed by atoms with Crippen LogP contribution in [0.4, 0.5) is 32.2 Å². The molecule has 0 fully saturated rings. The third kappa shape index (κ3) is 5.14. The van der Waals surface area contributed by atoms with Gasteiger partial charge in [-0.3, -0.25) is 0 Å². The maximum atomic E-state index is 12.3. The van der Waals surface area contributed by atoms with Gasteiger partial charge in [0.2, 0.25) is 0 Å². The summed E-state index contributed by atoms with van der Waals surface area (Å²) in [6.45, 7) is -1.49. The molecule has 2 nitrogen and oxygen atoms in total. The Bertz CT molecular complexity index is 400. The van der Waals surface area contributed by atoms with Crippen LogP contribution in [0.3, 0.4) is 0 Å². The number of aromatic nitrogens is 1. The van der Waals surface area contributed by atoms with Crippen LogP contribution in [0.25, 0.3) is 0 Å². The third-order valence-corrected chi connectivity index (χ3v) is 2.29. The van der Waals surface area contributed by atoms with Crippen molar-refractivity contribution >= 4 is 17.4 Å². The summed E-state index contributed by atoms with van der Waals surface area (Å²) in [6, 6.07) is 1.57. The Hall–Kier alpha value is -1.18. The molecule has 1 aromatic rings. The molecule has 0 saturated carbocycles. The smallest absolute Gasteiger partial charge is 0.346 e. The zero-order valence-corrected chi connectivity index (χ0v) is 10.1. The highest BCUT2D eigenvalue weighted by atomic mass is 35.5. The average Bonchev–Trinajstić information content (AvgIpc) is 2.26. The normalized spacial score (nSPS) is 12.6. The number of anilines is 1. The molecule has 0 aromatic carbocycles. The molecule has 0 atom stereocenters. The zero-order valence-electron chi connectivity index (χ0n) is 9.39. The molecule has 0 aliphatic rings. The fourth-order valence-corrected chi connectivity index (χ4v) is 1.54. The van der Waals surface area contributed by atoms with Gasteiger partial charge < -0.3 is 4.90 Å². The van der Waals surface area contributed by atoms with Crippen LogP contribution in [0.1, 0.15) is 5.56 Å². The van der Waals surface area contributed by atoms with Crippen molar-refractivity contribution < 1.29 is 26.3 Å². The van der Waals surface area contributed by atoms with Gasteiger partial charge in [0.25, 0.3) is 0 Å². The molecule has 9 heteroatoms. The van der Waals surface area contributed by atoms with E-state index in [0.29, 0.717) is 12.3 Å². The van der Waals surface area contributed by atoms with Crippen LogP contribution in [-0.2, 0) is 6.18 Å². The van der Waals surface area contributed by atoms with Gasteiger partial charge in [0.05, 0.1) is 5.56 Å². The second-order valence-electron chi connectivity index (χ2n) is 3.63. The quantitative estimate of drug-likeness (QED) is 0.623. The van der Waals surface area contributed by atoms with Crippen molar-refractivity contribution in [2.45, 2.75) is 12.4 Å². The van der Waals surface area contributed by atoms with E-state index in [2.05, 4.69) is 4.98 Å². The summed E-state index contributed by atoms with van der Waals surface area (Å²) in [5.74, 6) is -0.301. The van der Waals surface area contributed by atoms with Gasteiger partial charge in [-0.05, 0) is 12.1 Å². The molecule has 0 spiro atoms. The average molecular weight is 307 g/mol. The zero-order chi connectivity index (χ0) is 14.7. The number of halogens is 7. The number of alkyl halides is 7. The molecule has 0 aliphatic heterocycles. The first-order chi connectivity index (χ1) is 8.63. The molecule has 0 bridgehead atoms. The highest BCUT2D eigenvalue weighted by Gasteiger charge is 2.33. The van der Waals surface area contributed by atoms with E-state index >= 15 is 0 Å². The number of rotatable bonds is 4. The second kappa shape index (κ2) is 5.85. The Balaban J connectivity index is 2.91. The summed E-state index contributed by atoms with van der Waals surface area (Å²) in [5.41, 5.74) is -1.02. The van der Waals surface area contributed by atoms with Crippen molar-refractivity contribution in [1.29, 1.82) is 0 Å². The van der Waals surface area contributed by atoms with Crippen LogP contribution >= 0.6 is 11.6 Å². The lowest BCUT2D eigenvalue weighted by molar-refractivity contribution is -0.137. The van der Waals surface area contributed by atoms with E-state index in [1.54, 1.807) is 0 Å². The van der Waals surface area contributed by atoms with E-state index in [1.165, 1.54) is 0 Å². The Labute approximate surface area is 110 Å². The molecule has 108 valence electrons. The molecule has 1 heterocycles. The number of nitrogens with zero attached hydrogens (tertiary/aromatic N) is 2. The molecule has 0 saturated heterocycles. The molecule has 0 unspecified atom stereocenters. The minimum atomic E-state index is -4.58. The first-order valence-electron chi connectivity index (χ1n) is 5.04. The maximum absolute atomic E-state index is 12.3. The lowest BCUT2D eigenvalue weighted by Crippen LogP contribution is -2.36. The Kier molecular flexibility index (Phi) is 4.89. The van der Waals surface area contributed by atoms with Gasteiger partial charge in [0.15, 0.2) is 0 Å². The third-order valence-electron chi connectivity index (χ3n) is 2.12. The fourth-order valence-electron chi connectivity index (χ4n) is 1.33. The van der Waals surface area contributed by atoms with E-state index < -0.39 is 24.5 Å². The molecule has 0 radical (unpaired) electrons. The number of hydrogen-bond acceptors (Lipinski definition) is 2. The number of pyridine rings is 1. The van der Waals surface area contributed by atoms with Gasteiger partial charge in [-0.25, -0.2) is 4.98 Å². The second-order valence-corrected chi connectivity index (χ2v) is 4.01. The molecular formula is C10H9ClF6N2. The first-order valence-corrected chi connectivity index (χ1v) is 5.58. The van der Waals surface area contributed by atoms with E-state index in [-0.39, 0.29) is 18.2 Å². The SMILES string of the molecule is FC(F)(F)CN(CCCl)c1ccc(C(F)(F)F)cn1. The molecule has 0 aliphatic carbocycles. The fraction of sp³-hybridized carbons (Fsp3) is 0.500. The predicted molar refractivity (Wildman–Crippen MR) is 58.2 cm³/mol. The van der Waals surface area contributed by atoms with Gasteiger partial charge in [-0.1, -0.05) is 0 Å². The summed E-state index contributed by atoms with van der Waals surface area (Å²) < 4.78 is 73.7. The lowest BCUT2D eigenvalue weighted by atomic mass is 10.2. The van der Waals surface area contributed by atoms with Crippen LogP contribution in [0.2, 0.25) is 0 Å². The van der Waals surface area contributed by atoms with Crippen molar-refractivity contribution in [2.75, 3.05) is 23.9 Å². The van der Waals surface area contributed by atoms with Crippen LogP contribution in [0.15, 0.2) is 18.3 Å². The highest BCUT2D eigenvalue weighted by molar-refractivity contribution is 6.18. The van der Waals surface area contributed by atoms with E-state index in [4.69, 9.17) is 11.6 Å². The summed E-state index contributed by atoms with van der Waals surface area (Å²) in [5, 5.41) is 0. The molecule has 0 amide bonds. The Morgan fingerprint density at radius 3 is 2.11 bits per heavy atom. The molecule has 1 aromatic heterocycles. The van der Waals surface area contributed by atoms with E-state index in [0.717, 1.165) is 11.0 Å². The van der Waals surface area contributed by atoms with Crippen molar-refractivity contribution in [3.63, 3.8) is 0 Å². The monoisotopic (exact) mass is 306 g/mol. The summed E-state index contributed by atoms with van der Waals surface area (Å²) in [4.78, 5) is 4.17. The molecular weight excluding hydrogens is 298 g/mol.